The van der Waals surface area contributed by atoms with Crippen LogP contribution in [0.5, 0.6) is 0 Å². The van der Waals surface area contributed by atoms with Gasteiger partial charge in [-0.25, -0.2) is 0 Å². The first-order valence-corrected chi connectivity index (χ1v) is 17.9. The molecule has 0 amide bonds. The predicted octanol–water partition coefficient (Wildman–Crippen LogP) is 8.99. The van der Waals surface area contributed by atoms with E-state index in [1.165, 1.54) is 112 Å². The van der Waals surface area contributed by atoms with E-state index in [1.54, 1.807) is 0 Å². The number of unbranched alkanes of at least 4 members (excludes halogenated alkanes) is 10. The molecule has 0 aliphatic heterocycles. The fraction of sp³-hybridized carbons (Fsp3) is 0.676. The Labute approximate surface area is 265 Å². The molecule has 3 rings (SSSR count). The lowest BCUT2D eigenvalue weighted by Crippen LogP contribution is -2.39. The summed E-state index contributed by atoms with van der Waals surface area (Å²) in [4.78, 5) is 0. The third-order valence-corrected chi connectivity index (χ3v) is 9.14. The van der Waals surface area contributed by atoms with Gasteiger partial charge in [-0.3, -0.25) is 0 Å². The van der Waals surface area contributed by atoms with E-state index in [0.29, 0.717) is 26.4 Å². The van der Waals surface area contributed by atoms with Crippen LogP contribution >= 0.6 is 0 Å². The van der Waals surface area contributed by atoms with E-state index in [4.69, 9.17) is 18.6 Å². The lowest BCUT2D eigenvalue weighted by molar-refractivity contribution is 0.225. The van der Waals surface area contributed by atoms with Crippen LogP contribution in [0, 0.1) is 0 Å². The van der Waals surface area contributed by atoms with Gasteiger partial charge >= 0.3 is 14.2 Å². The zero-order valence-electron chi connectivity index (χ0n) is 28.5. The van der Waals surface area contributed by atoms with Crippen molar-refractivity contribution < 1.29 is 18.6 Å². The molecule has 238 valence electrons. The highest BCUT2D eigenvalue weighted by atomic mass is 16.6. The molecule has 0 saturated carbocycles. The summed E-state index contributed by atoms with van der Waals surface area (Å²) >= 11 is 0. The summed E-state index contributed by atoms with van der Waals surface area (Å²) in [5, 5.41) is 0. The molecule has 0 atom stereocenters. The van der Waals surface area contributed by atoms with Crippen molar-refractivity contribution in [1.82, 2.24) is 0 Å². The molecule has 2 aromatic carbocycles. The number of hydrogen-bond acceptors (Lipinski definition) is 4. The van der Waals surface area contributed by atoms with Crippen LogP contribution in [0.4, 0.5) is 0 Å². The van der Waals surface area contributed by atoms with Crippen LogP contribution in [0.1, 0.15) is 143 Å². The minimum Gasteiger partial charge on any atom is -0.408 e. The second-order valence-electron chi connectivity index (χ2n) is 12.2. The van der Waals surface area contributed by atoms with Gasteiger partial charge < -0.3 is 18.6 Å². The second kappa shape index (κ2) is 19.7. The molecule has 43 heavy (non-hydrogen) atoms. The summed E-state index contributed by atoms with van der Waals surface area (Å²) in [6.07, 6.45) is 18.0. The van der Waals surface area contributed by atoms with Gasteiger partial charge in [-0.1, -0.05) is 127 Å². The van der Waals surface area contributed by atoms with E-state index >= 15 is 0 Å². The summed E-state index contributed by atoms with van der Waals surface area (Å²) in [6.45, 7) is 15.3. The molecule has 1 aliphatic carbocycles. The van der Waals surface area contributed by atoms with Crippen LogP contribution < -0.4 is 10.9 Å². The Kier molecular flexibility index (Phi) is 16.5. The van der Waals surface area contributed by atoms with Gasteiger partial charge in [0, 0.05) is 31.8 Å². The minimum atomic E-state index is -0.333. The molecule has 0 heterocycles. The summed E-state index contributed by atoms with van der Waals surface area (Å²) in [7, 11) is -0.665. The zero-order valence-corrected chi connectivity index (χ0v) is 28.5. The molecule has 1 aliphatic rings. The number of rotatable bonds is 24. The van der Waals surface area contributed by atoms with Crippen LogP contribution in [-0.2, 0) is 24.0 Å². The van der Waals surface area contributed by atoms with Gasteiger partial charge in [0.15, 0.2) is 0 Å². The maximum atomic E-state index is 6.09. The van der Waals surface area contributed by atoms with E-state index < -0.39 is 0 Å². The molecule has 0 fully saturated rings. The first-order chi connectivity index (χ1) is 21.1. The molecule has 0 N–H and O–H groups in total. The zero-order chi connectivity index (χ0) is 30.9. The van der Waals surface area contributed by atoms with Crippen molar-refractivity contribution in [2.45, 2.75) is 137 Å². The highest BCUT2D eigenvalue weighted by molar-refractivity contribution is 6.61. The molecule has 0 spiro atoms. The molecule has 4 nitrogen and oxygen atoms in total. The van der Waals surface area contributed by atoms with Crippen LogP contribution in [0.15, 0.2) is 36.4 Å². The summed E-state index contributed by atoms with van der Waals surface area (Å²) in [6, 6.07) is 14.0. The number of fused-ring (bicyclic) bond motifs is 3. The molecule has 0 aromatic heterocycles. The smallest absolute Gasteiger partial charge is 0.408 e. The first-order valence-electron chi connectivity index (χ1n) is 17.9. The quantitative estimate of drug-likeness (QED) is 0.0904. The van der Waals surface area contributed by atoms with Gasteiger partial charge in [0.05, 0.1) is 0 Å². The SMILES string of the molecule is CCCCCCCCC1(CCCCCCCC)c2cc(B(OCC)OCC)ccc2-c2ccc(B(OCC)OCC)cc21. The highest BCUT2D eigenvalue weighted by Gasteiger charge is 2.43. The highest BCUT2D eigenvalue weighted by Crippen LogP contribution is 2.53. The van der Waals surface area contributed by atoms with E-state index in [0.717, 1.165) is 10.9 Å². The van der Waals surface area contributed by atoms with E-state index in [1.807, 2.05) is 27.7 Å². The van der Waals surface area contributed by atoms with Crippen molar-refractivity contribution in [2.75, 3.05) is 26.4 Å². The largest absolute Gasteiger partial charge is 0.493 e. The van der Waals surface area contributed by atoms with Crippen molar-refractivity contribution in [1.29, 1.82) is 0 Å². The van der Waals surface area contributed by atoms with Crippen molar-refractivity contribution in [2.24, 2.45) is 0 Å². The standard InChI is InChI=1S/C37H60B2O4/c1-7-13-15-17-19-21-27-37(28-22-20-18-16-14-8-2)35-29-31(38(40-9-3)41-10-4)23-25-33(35)34-26-24-32(30-36(34)37)39(42-11-5)43-12-6/h23-26,29-30H,7-22,27-28H2,1-6H3. The Balaban J connectivity index is 2.09. The monoisotopic (exact) mass is 590 g/mol. The van der Waals surface area contributed by atoms with E-state index in [-0.39, 0.29) is 19.7 Å². The molecular formula is C37H60B2O4. The molecule has 0 unspecified atom stereocenters. The van der Waals surface area contributed by atoms with Crippen molar-refractivity contribution >= 4 is 25.2 Å². The minimum absolute atomic E-state index is 0.0296. The molecular weight excluding hydrogens is 530 g/mol. The Morgan fingerprint density at radius 2 is 0.814 bits per heavy atom. The van der Waals surface area contributed by atoms with Gasteiger partial charge in [-0.15, -0.1) is 0 Å². The van der Waals surface area contributed by atoms with Gasteiger partial charge in [-0.05, 0) is 73.7 Å². The average molecular weight is 591 g/mol. The third-order valence-electron chi connectivity index (χ3n) is 9.14. The van der Waals surface area contributed by atoms with E-state index in [9.17, 15) is 0 Å². The number of benzene rings is 2. The Bertz CT molecular complexity index is 963. The van der Waals surface area contributed by atoms with Gasteiger partial charge in [-0.2, -0.15) is 0 Å². The Morgan fingerprint density at radius 3 is 1.16 bits per heavy atom. The normalized spacial score (nSPS) is 13.3. The first kappa shape index (κ1) is 35.9. The fourth-order valence-corrected chi connectivity index (χ4v) is 6.99. The van der Waals surface area contributed by atoms with Crippen LogP contribution in [-0.4, -0.2) is 40.7 Å². The average Bonchev–Trinajstić information content (AvgIpc) is 3.28. The topological polar surface area (TPSA) is 36.9 Å². The third kappa shape index (κ3) is 9.70. The lowest BCUT2D eigenvalue weighted by atomic mass is 9.67. The van der Waals surface area contributed by atoms with Crippen molar-refractivity contribution in [3.63, 3.8) is 0 Å². The maximum Gasteiger partial charge on any atom is 0.493 e. The van der Waals surface area contributed by atoms with Crippen molar-refractivity contribution in [3.8, 4) is 11.1 Å². The molecule has 0 bridgehead atoms. The predicted molar refractivity (Wildman–Crippen MR) is 186 cm³/mol. The van der Waals surface area contributed by atoms with Gasteiger partial charge in [0.2, 0.25) is 0 Å². The lowest BCUT2D eigenvalue weighted by Gasteiger charge is -2.34. The van der Waals surface area contributed by atoms with Crippen LogP contribution in [0.25, 0.3) is 11.1 Å². The van der Waals surface area contributed by atoms with E-state index in [2.05, 4.69) is 50.2 Å². The van der Waals surface area contributed by atoms with Gasteiger partial charge in [0.25, 0.3) is 0 Å². The Hall–Kier alpha value is -1.59. The Morgan fingerprint density at radius 1 is 0.465 bits per heavy atom. The number of hydrogen-bond donors (Lipinski definition) is 0. The summed E-state index contributed by atoms with van der Waals surface area (Å²) in [5.41, 5.74) is 7.91. The summed E-state index contributed by atoms with van der Waals surface area (Å²) < 4.78 is 24.4. The maximum absolute atomic E-state index is 6.09. The molecule has 0 saturated heterocycles. The van der Waals surface area contributed by atoms with Crippen molar-refractivity contribution in [3.05, 3.63) is 47.5 Å². The van der Waals surface area contributed by atoms with Gasteiger partial charge in [0.1, 0.15) is 0 Å². The fourth-order valence-electron chi connectivity index (χ4n) is 6.99. The van der Waals surface area contributed by atoms with Crippen LogP contribution in [0.3, 0.4) is 0 Å². The molecule has 6 heteroatoms. The molecule has 0 radical (unpaired) electrons. The second-order valence-corrected chi connectivity index (χ2v) is 12.2. The molecule has 2 aromatic rings. The van der Waals surface area contributed by atoms with Crippen LogP contribution in [0.2, 0.25) is 0 Å². The summed E-state index contributed by atoms with van der Waals surface area (Å²) in [5.74, 6) is 0.